The molecular weight excluding hydrogens is 318 g/mol. The van der Waals surface area contributed by atoms with E-state index in [0.717, 1.165) is 11.1 Å². The molecule has 6 nitrogen and oxygen atoms in total. The Morgan fingerprint density at radius 2 is 1.43 bits per heavy atom. The molecule has 0 radical (unpaired) electrons. The molecule has 0 atom stereocenters. The molecule has 0 saturated heterocycles. The van der Waals surface area contributed by atoms with Crippen molar-refractivity contribution < 1.29 is 22.4 Å². The van der Waals surface area contributed by atoms with Crippen LogP contribution in [-0.4, -0.2) is 27.2 Å². The molecule has 2 N–H and O–H groups in total. The van der Waals surface area contributed by atoms with Crippen molar-refractivity contribution in [2.75, 3.05) is 18.9 Å². The molecule has 7 heteroatoms. The molecule has 0 aromatic heterocycles. The first-order valence-corrected chi connectivity index (χ1v) is 8.10. The van der Waals surface area contributed by atoms with Gasteiger partial charge in [-0.2, -0.15) is 8.42 Å². The topological polar surface area (TPSA) is 84.9 Å². The van der Waals surface area contributed by atoms with E-state index in [0.29, 0.717) is 11.5 Å². The maximum Gasteiger partial charge on any atom is 0.357 e. The monoisotopic (exact) mass is 335 g/mol. The highest BCUT2D eigenvalue weighted by molar-refractivity contribution is 7.87. The quantitative estimate of drug-likeness (QED) is 0.626. The summed E-state index contributed by atoms with van der Waals surface area (Å²) in [4.78, 5) is 0. The van der Waals surface area contributed by atoms with Crippen LogP contribution in [-0.2, 0) is 10.3 Å². The van der Waals surface area contributed by atoms with Crippen molar-refractivity contribution in [1.82, 2.24) is 0 Å². The van der Waals surface area contributed by atoms with Crippen LogP contribution in [0.4, 0.5) is 5.69 Å². The van der Waals surface area contributed by atoms with Crippen LogP contribution in [0.3, 0.4) is 0 Å². The summed E-state index contributed by atoms with van der Waals surface area (Å²) in [6, 6.07) is 12.1. The lowest BCUT2D eigenvalue weighted by Crippen LogP contribution is -2.09. The third-order valence-electron chi connectivity index (χ3n) is 3.00. The molecule has 2 rings (SSSR count). The van der Waals surface area contributed by atoms with E-state index in [4.69, 9.17) is 14.0 Å². The summed E-state index contributed by atoms with van der Waals surface area (Å²) in [6.45, 7) is 0. The zero-order valence-corrected chi connectivity index (χ0v) is 13.5. The second-order valence-corrected chi connectivity index (χ2v) is 5.83. The average molecular weight is 335 g/mol. The smallest absolute Gasteiger partial charge is 0.357 e. The fourth-order valence-corrected chi connectivity index (χ4v) is 2.36. The maximum atomic E-state index is 10.7. The first-order chi connectivity index (χ1) is 10.9. The second kappa shape index (κ2) is 7.17. The fourth-order valence-electron chi connectivity index (χ4n) is 1.93. The van der Waals surface area contributed by atoms with Crippen LogP contribution in [0, 0.1) is 0 Å². The largest absolute Gasteiger partial charge is 0.497 e. The van der Waals surface area contributed by atoms with Crippen LogP contribution < -0.4 is 14.2 Å². The molecule has 0 unspecified atom stereocenters. The van der Waals surface area contributed by atoms with E-state index in [9.17, 15) is 8.42 Å². The Kier molecular flexibility index (Phi) is 5.25. The van der Waals surface area contributed by atoms with Crippen LogP contribution in [0.25, 0.3) is 12.2 Å². The van der Waals surface area contributed by atoms with Gasteiger partial charge in [-0.1, -0.05) is 24.3 Å². The summed E-state index contributed by atoms with van der Waals surface area (Å²) in [5, 5.41) is 0. The molecule has 122 valence electrons. The lowest BCUT2D eigenvalue weighted by atomic mass is 10.1. The molecule has 0 amide bonds. The van der Waals surface area contributed by atoms with Crippen molar-refractivity contribution in [3.05, 3.63) is 53.6 Å². The minimum absolute atomic E-state index is 0.285. The van der Waals surface area contributed by atoms with Gasteiger partial charge in [-0.25, -0.2) is 0 Å². The van der Waals surface area contributed by atoms with Crippen molar-refractivity contribution in [2.24, 2.45) is 0 Å². The molecule has 0 fully saturated rings. The van der Waals surface area contributed by atoms with Gasteiger partial charge < -0.3 is 9.47 Å². The van der Waals surface area contributed by atoms with Crippen LogP contribution in [0.2, 0.25) is 0 Å². The summed E-state index contributed by atoms with van der Waals surface area (Å²) in [5.74, 6) is 1.38. The first kappa shape index (κ1) is 16.9. The number of anilines is 1. The predicted molar refractivity (Wildman–Crippen MR) is 90.1 cm³/mol. The van der Waals surface area contributed by atoms with Crippen LogP contribution in [0.1, 0.15) is 11.1 Å². The van der Waals surface area contributed by atoms with Gasteiger partial charge in [-0.3, -0.25) is 9.27 Å². The summed E-state index contributed by atoms with van der Waals surface area (Å²) in [6.07, 6.45) is 3.75. The number of nitrogens with one attached hydrogen (secondary N) is 1. The lowest BCUT2D eigenvalue weighted by molar-refractivity contribution is 0.394. The lowest BCUT2D eigenvalue weighted by Gasteiger charge is -2.06. The standard InChI is InChI=1S/C16H17NO5S/c1-21-15-9-13(10-16(11-15)22-2)4-3-12-5-7-14(8-6-12)17-23(18,19)20/h3-11,17H,1-2H3,(H,18,19,20). The van der Waals surface area contributed by atoms with Gasteiger partial charge in [0.1, 0.15) is 11.5 Å². The van der Waals surface area contributed by atoms with Crippen LogP contribution in [0.5, 0.6) is 11.5 Å². The zero-order chi connectivity index (χ0) is 16.9. The summed E-state index contributed by atoms with van der Waals surface area (Å²) >= 11 is 0. The van der Waals surface area contributed by atoms with Gasteiger partial charge in [0, 0.05) is 6.07 Å². The summed E-state index contributed by atoms with van der Waals surface area (Å²) in [5.41, 5.74) is 2.06. The Morgan fingerprint density at radius 3 is 1.91 bits per heavy atom. The van der Waals surface area contributed by atoms with Crippen molar-refractivity contribution in [3.63, 3.8) is 0 Å². The van der Waals surface area contributed by atoms with E-state index in [1.807, 2.05) is 29.0 Å². The number of rotatable bonds is 6. The molecule has 0 aliphatic heterocycles. The Hall–Kier alpha value is -2.51. The van der Waals surface area contributed by atoms with Crippen LogP contribution in [0.15, 0.2) is 42.5 Å². The zero-order valence-electron chi connectivity index (χ0n) is 12.7. The minimum Gasteiger partial charge on any atom is -0.497 e. The van der Waals surface area contributed by atoms with Gasteiger partial charge in [-0.15, -0.1) is 0 Å². The van der Waals surface area contributed by atoms with Crippen molar-refractivity contribution in [3.8, 4) is 11.5 Å². The Balaban J connectivity index is 2.17. The van der Waals surface area contributed by atoms with Crippen LogP contribution >= 0.6 is 0 Å². The molecule has 0 heterocycles. The number of hydrogen-bond donors (Lipinski definition) is 2. The predicted octanol–water partition coefficient (Wildman–Crippen LogP) is 3.09. The molecule has 0 saturated carbocycles. The number of ether oxygens (including phenoxy) is 2. The minimum atomic E-state index is -4.26. The Morgan fingerprint density at radius 1 is 0.913 bits per heavy atom. The number of methoxy groups -OCH3 is 2. The summed E-state index contributed by atoms with van der Waals surface area (Å²) in [7, 11) is -1.08. The van der Waals surface area contributed by atoms with E-state index < -0.39 is 10.3 Å². The van der Waals surface area contributed by atoms with Crippen molar-refractivity contribution in [2.45, 2.75) is 0 Å². The van der Waals surface area contributed by atoms with E-state index in [1.54, 1.807) is 44.6 Å². The Labute approximate surface area is 135 Å². The molecule has 0 bridgehead atoms. The molecule has 0 aliphatic rings. The highest BCUT2D eigenvalue weighted by Crippen LogP contribution is 2.24. The van der Waals surface area contributed by atoms with Gasteiger partial charge in [0.25, 0.3) is 0 Å². The molecule has 0 spiro atoms. The molecule has 0 aliphatic carbocycles. The third-order valence-corrected chi connectivity index (χ3v) is 3.49. The third kappa shape index (κ3) is 5.32. The van der Waals surface area contributed by atoms with Crippen molar-refractivity contribution in [1.29, 1.82) is 0 Å². The van der Waals surface area contributed by atoms with E-state index in [-0.39, 0.29) is 5.69 Å². The SMILES string of the molecule is COc1cc(C=Cc2ccc(NS(=O)(=O)O)cc2)cc(OC)c1. The van der Waals surface area contributed by atoms with Gasteiger partial charge >= 0.3 is 10.3 Å². The number of benzene rings is 2. The highest BCUT2D eigenvalue weighted by Gasteiger charge is 2.03. The Bertz CT molecular complexity index is 775. The summed E-state index contributed by atoms with van der Waals surface area (Å²) < 4.78 is 42.6. The number of hydrogen-bond acceptors (Lipinski definition) is 4. The maximum absolute atomic E-state index is 10.7. The normalized spacial score (nSPS) is 11.4. The van der Waals surface area contributed by atoms with Gasteiger partial charge in [0.2, 0.25) is 0 Å². The fraction of sp³-hybridized carbons (Fsp3) is 0.125. The molecule has 2 aromatic rings. The average Bonchev–Trinajstić information content (AvgIpc) is 2.52. The molecule has 2 aromatic carbocycles. The van der Waals surface area contributed by atoms with Gasteiger partial charge in [0.15, 0.2) is 0 Å². The van der Waals surface area contributed by atoms with E-state index >= 15 is 0 Å². The molecule has 23 heavy (non-hydrogen) atoms. The highest BCUT2D eigenvalue weighted by atomic mass is 32.2. The first-order valence-electron chi connectivity index (χ1n) is 6.66. The van der Waals surface area contributed by atoms with Crippen molar-refractivity contribution >= 4 is 28.1 Å². The molecular formula is C16H17NO5S. The van der Waals surface area contributed by atoms with E-state index in [1.165, 1.54) is 0 Å². The van der Waals surface area contributed by atoms with E-state index in [2.05, 4.69) is 0 Å². The second-order valence-electron chi connectivity index (χ2n) is 4.68. The van der Waals surface area contributed by atoms with Gasteiger partial charge in [0.05, 0.1) is 19.9 Å². The van der Waals surface area contributed by atoms with Gasteiger partial charge in [-0.05, 0) is 35.4 Å².